The van der Waals surface area contributed by atoms with E-state index in [2.05, 4.69) is 26.6 Å². The highest BCUT2D eigenvalue weighted by Crippen LogP contribution is 2.34. The van der Waals surface area contributed by atoms with E-state index in [4.69, 9.17) is 4.74 Å². The Labute approximate surface area is 171 Å². The van der Waals surface area contributed by atoms with Gasteiger partial charge in [-0.2, -0.15) is 0 Å². The molecule has 1 aliphatic heterocycles. The molecule has 0 radical (unpaired) electrons. The lowest BCUT2D eigenvalue weighted by Gasteiger charge is -2.29. The fourth-order valence-electron chi connectivity index (χ4n) is 2.75. The topological polar surface area (TPSA) is 87.7 Å². The number of anilines is 1. The largest absolute Gasteiger partial charge is 0.482 e. The molecule has 0 saturated carbocycles. The minimum atomic E-state index is -0.333. The van der Waals surface area contributed by atoms with Crippen molar-refractivity contribution in [3.63, 3.8) is 0 Å². The van der Waals surface area contributed by atoms with Gasteiger partial charge >= 0.3 is 0 Å². The van der Waals surface area contributed by atoms with E-state index in [9.17, 15) is 14.4 Å². The highest BCUT2D eigenvalue weighted by Gasteiger charge is 2.27. The molecule has 0 unspecified atom stereocenters. The first kappa shape index (κ1) is 19.9. The van der Waals surface area contributed by atoms with Crippen LogP contribution in [0.5, 0.6) is 5.75 Å². The van der Waals surface area contributed by atoms with Crippen LogP contribution in [0.15, 0.2) is 53.0 Å². The quantitative estimate of drug-likeness (QED) is 0.681. The van der Waals surface area contributed by atoms with Crippen molar-refractivity contribution in [2.45, 2.75) is 13.0 Å². The third-order valence-electron chi connectivity index (χ3n) is 4.17. The molecule has 0 aromatic heterocycles. The van der Waals surface area contributed by atoms with E-state index < -0.39 is 0 Å². The molecule has 8 heteroatoms. The number of ether oxygens (including phenoxy) is 1. The monoisotopic (exact) mass is 445 g/mol. The average molecular weight is 446 g/mol. The number of halogens is 1. The van der Waals surface area contributed by atoms with Gasteiger partial charge in [0, 0.05) is 24.0 Å². The summed E-state index contributed by atoms with van der Waals surface area (Å²) in [5.74, 6) is -0.227. The van der Waals surface area contributed by atoms with Gasteiger partial charge in [-0.05, 0) is 23.8 Å². The molecule has 0 aliphatic carbocycles. The van der Waals surface area contributed by atoms with E-state index in [0.29, 0.717) is 18.0 Å². The van der Waals surface area contributed by atoms with Gasteiger partial charge in [0.05, 0.1) is 5.69 Å². The third kappa shape index (κ3) is 5.32. The number of nitrogens with one attached hydrogen (secondary N) is 2. The number of benzene rings is 2. The first-order chi connectivity index (χ1) is 13.5. The lowest BCUT2D eigenvalue weighted by Crippen LogP contribution is -2.45. The summed E-state index contributed by atoms with van der Waals surface area (Å²) in [6.07, 6.45) is 0.166. The van der Waals surface area contributed by atoms with Crippen LogP contribution in [0.25, 0.3) is 0 Å². The number of carbonyl (C=O) groups excluding carboxylic acids is 3. The molecule has 3 rings (SSSR count). The molecule has 1 heterocycles. The van der Waals surface area contributed by atoms with Crippen LogP contribution >= 0.6 is 15.9 Å². The van der Waals surface area contributed by atoms with Crippen LogP contribution in [-0.4, -0.2) is 37.4 Å². The normalized spacial score (nSPS) is 12.8. The van der Waals surface area contributed by atoms with Crippen LogP contribution in [0.4, 0.5) is 5.69 Å². The number of rotatable bonds is 7. The first-order valence-corrected chi connectivity index (χ1v) is 9.62. The van der Waals surface area contributed by atoms with E-state index in [1.807, 2.05) is 30.3 Å². The molecule has 0 saturated heterocycles. The minimum Gasteiger partial charge on any atom is -0.482 e. The summed E-state index contributed by atoms with van der Waals surface area (Å²) in [6.45, 7) is 0.411. The molecule has 0 spiro atoms. The van der Waals surface area contributed by atoms with Gasteiger partial charge in [-0.25, -0.2) is 0 Å². The van der Waals surface area contributed by atoms with Crippen molar-refractivity contribution in [2.24, 2.45) is 0 Å². The maximum absolute atomic E-state index is 12.2. The zero-order valence-corrected chi connectivity index (χ0v) is 16.7. The SMILES string of the molecule is O=C(CCNC(=O)CN1C(=O)COc2cc(Br)ccc21)NCc1ccccc1. The number of fused-ring (bicyclic) bond motifs is 1. The molecule has 7 nitrogen and oxygen atoms in total. The molecule has 2 aromatic carbocycles. The summed E-state index contributed by atoms with van der Waals surface area (Å²) in [6, 6.07) is 14.8. The van der Waals surface area contributed by atoms with Crippen LogP contribution in [0.1, 0.15) is 12.0 Å². The molecule has 1 aliphatic rings. The van der Waals surface area contributed by atoms with Gasteiger partial charge in [0.1, 0.15) is 12.3 Å². The van der Waals surface area contributed by atoms with Crippen molar-refractivity contribution in [3.8, 4) is 5.75 Å². The number of nitrogens with zero attached hydrogens (tertiary/aromatic N) is 1. The Morgan fingerprint density at radius 1 is 1.07 bits per heavy atom. The summed E-state index contributed by atoms with van der Waals surface area (Å²) in [7, 11) is 0. The van der Waals surface area contributed by atoms with Gasteiger partial charge < -0.3 is 15.4 Å². The Balaban J connectivity index is 1.44. The second-order valence-corrected chi connectivity index (χ2v) is 7.16. The summed E-state index contributed by atoms with van der Waals surface area (Å²) < 4.78 is 6.22. The molecular weight excluding hydrogens is 426 g/mol. The number of carbonyl (C=O) groups is 3. The Morgan fingerprint density at radius 2 is 1.86 bits per heavy atom. The van der Waals surface area contributed by atoms with Gasteiger partial charge in [-0.15, -0.1) is 0 Å². The van der Waals surface area contributed by atoms with Crippen LogP contribution in [0, 0.1) is 0 Å². The Kier molecular flexibility index (Phi) is 6.65. The molecule has 0 atom stereocenters. The molecule has 28 heavy (non-hydrogen) atoms. The maximum Gasteiger partial charge on any atom is 0.265 e. The molecule has 146 valence electrons. The van der Waals surface area contributed by atoms with Crippen LogP contribution in [0.2, 0.25) is 0 Å². The van der Waals surface area contributed by atoms with Crippen molar-refractivity contribution < 1.29 is 19.1 Å². The van der Waals surface area contributed by atoms with Crippen molar-refractivity contribution in [2.75, 3.05) is 24.6 Å². The van der Waals surface area contributed by atoms with Gasteiger partial charge in [0.2, 0.25) is 11.8 Å². The Hall–Kier alpha value is -2.87. The zero-order valence-electron chi connectivity index (χ0n) is 15.1. The van der Waals surface area contributed by atoms with E-state index in [-0.39, 0.29) is 43.8 Å². The van der Waals surface area contributed by atoms with Gasteiger partial charge in [0.25, 0.3) is 5.91 Å². The highest BCUT2D eigenvalue weighted by molar-refractivity contribution is 9.10. The maximum atomic E-state index is 12.2. The minimum absolute atomic E-state index is 0.112. The fraction of sp³-hybridized carbons (Fsp3) is 0.250. The zero-order chi connectivity index (χ0) is 19.9. The summed E-state index contributed by atoms with van der Waals surface area (Å²) in [4.78, 5) is 37.6. The van der Waals surface area contributed by atoms with Crippen molar-refractivity contribution in [1.82, 2.24) is 10.6 Å². The second kappa shape index (κ2) is 9.36. The van der Waals surface area contributed by atoms with Gasteiger partial charge in [-0.1, -0.05) is 46.3 Å². The van der Waals surface area contributed by atoms with Crippen LogP contribution in [0.3, 0.4) is 0 Å². The van der Waals surface area contributed by atoms with E-state index >= 15 is 0 Å². The van der Waals surface area contributed by atoms with Crippen LogP contribution in [-0.2, 0) is 20.9 Å². The third-order valence-corrected chi connectivity index (χ3v) is 4.67. The first-order valence-electron chi connectivity index (χ1n) is 8.83. The predicted octanol–water partition coefficient (Wildman–Crippen LogP) is 2.00. The summed E-state index contributed by atoms with van der Waals surface area (Å²) >= 11 is 3.35. The van der Waals surface area contributed by atoms with E-state index in [0.717, 1.165) is 10.0 Å². The van der Waals surface area contributed by atoms with Gasteiger partial charge in [0.15, 0.2) is 6.61 Å². The smallest absolute Gasteiger partial charge is 0.265 e. The van der Waals surface area contributed by atoms with Gasteiger partial charge in [-0.3, -0.25) is 19.3 Å². The van der Waals surface area contributed by atoms with E-state index in [1.165, 1.54) is 4.90 Å². The second-order valence-electron chi connectivity index (χ2n) is 6.24. The van der Waals surface area contributed by atoms with E-state index in [1.54, 1.807) is 18.2 Å². The standard InChI is InChI=1S/C20H20BrN3O4/c21-15-6-7-16-17(10-15)28-13-20(27)24(16)12-19(26)22-9-8-18(25)23-11-14-4-2-1-3-5-14/h1-7,10H,8-9,11-13H2,(H,22,26)(H,23,25). The average Bonchev–Trinajstić information content (AvgIpc) is 2.69. The molecule has 0 fully saturated rings. The number of amides is 3. The van der Waals surface area contributed by atoms with Crippen molar-refractivity contribution in [1.29, 1.82) is 0 Å². The molecular formula is C20H20BrN3O4. The lowest BCUT2D eigenvalue weighted by atomic mass is 10.2. The van der Waals surface area contributed by atoms with Crippen LogP contribution < -0.4 is 20.3 Å². The van der Waals surface area contributed by atoms with Crippen molar-refractivity contribution >= 4 is 39.3 Å². The fourth-order valence-corrected chi connectivity index (χ4v) is 3.09. The van der Waals surface area contributed by atoms with Crippen molar-refractivity contribution in [3.05, 3.63) is 58.6 Å². The molecule has 3 amide bonds. The Morgan fingerprint density at radius 3 is 2.64 bits per heavy atom. The summed E-state index contributed by atoms with van der Waals surface area (Å²) in [5, 5.41) is 5.48. The molecule has 2 aromatic rings. The number of hydrogen-bond donors (Lipinski definition) is 2. The summed E-state index contributed by atoms with van der Waals surface area (Å²) in [5.41, 5.74) is 1.56. The highest BCUT2D eigenvalue weighted by atomic mass is 79.9. The number of hydrogen-bond acceptors (Lipinski definition) is 4. The predicted molar refractivity (Wildman–Crippen MR) is 108 cm³/mol. The molecule has 0 bridgehead atoms. The molecule has 2 N–H and O–H groups in total. The Bertz CT molecular complexity index is 873. The lowest BCUT2D eigenvalue weighted by molar-refractivity contribution is -0.125.